The van der Waals surface area contributed by atoms with E-state index >= 15 is 0 Å². The Bertz CT molecular complexity index is 614. The zero-order valence-electron chi connectivity index (χ0n) is 11.5. The Hall–Kier alpha value is -1.53. The van der Waals surface area contributed by atoms with Crippen molar-refractivity contribution in [1.82, 2.24) is 15.0 Å². The first-order valence-electron chi connectivity index (χ1n) is 5.94. The molecule has 2 aromatic rings. The van der Waals surface area contributed by atoms with Gasteiger partial charge in [0.05, 0.1) is 6.54 Å². The number of hydrogen-bond acceptors (Lipinski definition) is 5. The number of rotatable bonds is 3. The van der Waals surface area contributed by atoms with Crippen molar-refractivity contribution in [2.24, 2.45) is 4.99 Å². The Kier molecular flexibility index (Phi) is 5.03. The standard InChI is InChI=1S/C13H15ClN4OS/c1-15-13(20-3)18(2)8-11-16-12(17-19-11)9-5-4-6-10(14)7-9/h4-7H,8H2,1-3H3/b15-13-. The number of thioether (sulfide) groups is 1. The van der Waals surface area contributed by atoms with Crippen LogP contribution in [0, 0.1) is 0 Å². The number of benzene rings is 1. The van der Waals surface area contributed by atoms with E-state index in [0.29, 0.717) is 23.3 Å². The maximum absolute atomic E-state index is 5.95. The molecule has 0 saturated carbocycles. The second-order valence-corrected chi connectivity index (χ2v) is 5.30. The molecule has 20 heavy (non-hydrogen) atoms. The van der Waals surface area contributed by atoms with Crippen LogP contribution in [-0.4, -0.2) is 40.6 Å². The lowest BCUT2D eigenvalue weighted by atomic mass is 10.2. The Morgan fingerprint density at radius 3 is 2.95 bits per heavy atom. The second-order valence-electron chi connectivity index (χ2n) is 4.09. The van der Waals surface area contributed by atoms with Gasteiger partial charge in [0, 0.05) is 24.7 Å². The predicted octanol–water partition coefficient (Wildman–Crippen LogP) is 3.17. The van der Waals surface area contributed by atoms with Crippen molar-refractivity contribution in [3.05, 3.63) is 35.2 Å². The van der Waals surface area contributed by atoms with E-state index in [1.54, 1.807) is 24.9 Å². The van der Waals surface area contributed by atoms with Crippen molar-refractivity contribution < 1.29 is 4.52 Å². The highest BCUT2D eigenvalue weighted by molar-refractivity contribution is 8.13. The quantitative estimate of drug-likeness (QED) is 0.644. The highest BCUT2D eigenvalue weighted by atomic mass is 35.5. The monoisotopic (exact) mass is 310 g/mol. The number of aliphatic imine (C=N–C) groups is 1. The van der Waals surface area contributed by atoms with E-state index in [4.69, 9.17) is 16.1 Å². The molecule has 0 atom stereocenters. The molecule has 0 N–H and O–H groups in total. The first-order chi connectivity index (χ1) is 9.63. The molecule has 2 rings (SSSR count). The first kappa shape index (κ1) is 14.9. The summed E-state index contributed by atoms with van der Waals surface area (Å²) in [4.78, 5) is 10.5. The van der Waals surface area contributed by atoms with Gasteiger partial charge in [-0.3, -0.25) is 4.99 Å². The fourth-order valence-corrected chi connectivity index (χ4v) is 2.50. The van der Waals surface area contributed by atoms with Crippen LogP contribution >= 0.6 is 23.4 Å². The summed E-state index contributed by atoms with van der Waals surface area (Å²) in [5, 5.41) is 5.53. The maximum atomic E-state index is 5.95. The second kappa shape index (κ2) is 6.76. The molecule has 0 unspecified atom stereocenters. The lowest BCUT2D eigenvalue weighted by Crippen LogP contribution is -2.23. The minimum atomic E-state index is 0.515. The zero-order chi connectivity index (χ0) is 14.5. The van der Waals surface area contributed by atoms with E-state index in [1.807, 2.05) is 36.4 Å². The van der Waals surface area contributed by atoms with Crippen molar-refractivity contribution in [2.75, 3.05) is 20.4 Å². The van der Waals surface area contributed by atoms with E-state index in [-0.39, 0.29) is 0 Å². The third-order valence-electron chi connectivity index (χ3n) is 2.62. The van der Waals surface area contributed by atoms with Gasteiger partial charge in [-0.2, -0.15) is 4.98 Å². The lowest BCUT2D eigenvalue weighted by Gasteiger charge is -2.16. The number of amidine groups is 1. The molecule has 7 heteroatoms. The van der Waals surface area contributed by atoms with Gasteiger partial charge >= 0.3 is 0 Å². The molecule has 0 spiro atoms. The molecule has 5 nitrogen and oxygen atoms in total. The van der Waals surface area contributed by atoms with Crippen molar-refractivity contribution in [3.63, 3.8) is 0 Å². The van der Waals surface area contributed by atoms with Crippen LogP contribution in [0.3, 0.4) is 0 Å². The lowest BCUT2D eigenvalue weighted by molar-refractivity contribution is 0.337. The van der Waals surface area contributed by atoms with Crippen molar-refractivity contribution in [3.8, 4) is 11.4 Å². The number of nitrogens with zero attached hydrogens (tertiary/aromatic N) is 4. The number of aromatic nitrogens is 2. The summed E-state index contributed by atoms with van der Waals surface area (Å²) in [5.41, 5.74) is 0.837. The Labute approximate surface area is 127 Å². The van der Waals surface area contributed by atoms with Crippen LogP contribution in [0.15, 0.2) is 33.8 Å². The maximum Gasteiger partial charge on any atom is 0.246 e. The van der Waals surface area contributed by atoms with Crippen molar-refractivity contribution >= 4 is 28.5 Å². The van der Waals surface area contributed by atoms with Crippen LogP contribution in [0.1, 0.15) is 5.89 Å². The Morgan fingerprint density at radius 2 is 2.30 bits per heavy atom. The molecule has 1 aromatic carbocycles. The fourth-order valence-electron chi connectivity index (χ4n) is 1.75. The molecule has 0 saturated heterocycles. The van der Waals surface area contributed by atoms with Gasteiger partial charge in [-0.05, 0) is 18.4 Å². The predicted molar refractivity (Wildman–Crippen MR) is 83.1 cm³/mol. The van der Waals surface area contributed by atoms with Crippen molar-refractivity contribution in [2.45, 2.75) is 6.54 Å². The largest absolute Gasteiger partial charge is 0.345 e. The summed E-state index contributed by atoms with van der Waals surface area (Å²) in [6.45, 7) is 0.515. The average molecular weight is 311 g/mol. The van der Waals surface area contributed by atoms with Crippen LogP contribution in [0.2, 0.25) is 5.02 Å². The smallest absolute Gasteiger partial charge is 0.246 e. The van der Waals surface area contributed by atoms with Gasteiger partial charge in [-0.1, -0.05) is 40.7 Å². The summed E-state index contributed by atoms with van der Waals surface area (Å²) in [6, 6.07) is 7.36. The van der Waals surface area contributed by atoms with Crippen LogP contribution < -0.4 is 0 Å². The molecule has 0 bridgehead atoms. The summed E-state index contributed by atoms with van der Waals surface area (Å²) < 4.78 is 5.26. The third-order valence-corrected chi connectivity index (χ3v) is 3.72. The molecule has 0 amide bonds. The van der Waals surface area contributed by atoms with Crippen molar-refractivity contribution in [1.29, 1.82) is 0 Å². The molecule has 1 aromatic heterocycles. The molecule has 0 radical (unpaired) electrons. The van der Waals surface area contributed by atoms with Gasteiger partial charge in [0.1, 0.15) is 0 Å². The van der Waals surface area contributed by atoms with Gasteiger partial charge in [-0.25, -0.2) is 0 Å². The third kappa shape index (κ3) is 3.52. The van der Waals surface area contributed by atoms with Gasteiger partial charge < -0.3 is 9.42 Å². The van der Waals surface area contributed by atoms with E-state index in [2.05, 4.69) is 15.1 Å². The van der Waals surface area contributed by atoms with Gasteiger partial charge in [0.2, 0.25) is 11.7 Å². The minimum absolute atomic E-state index is 0.515. The van der Waals surface area contributed by atoms with E-state index in [1.165, 1.54) is 0 Å². The molecule has 1 heterocycles. The van der Waals surface area contributed by atoms with Crippen LogP contribution in [-0.2, 0) is 6.54 Å². The summed E-state index contributed by atoms with van der Waals surface area (Å²) >= 11 is 7.52. The van der Waals surface area contributed by atoms with E-state index in [0.717, 1.165) is 10.7 Å². The molecule has 106 valence electrons. The molecular weight excluding hydrogens is 296 g/mol. The van der Waals surface area contributed by atoms with E-state index in [9.17, 15) is 0 Å². The molecule has 0 aliphatic heterocycles. The number of halogens is 1. The summed E-state index contributed by atoms with van der Waals surface area (Å²) in [7, 11) is 3.69. The normalized spacial score (nSPS) is 11.7. The van der Waals surface area contributed by atoms with Crippen LogP contribution in [0.5, 0.6) is 0 Å². The van der Waals surface area contributed by atoms with Crippen LogP contribution in [0.25, 0.3) is 11.4 Å². The first-order valence-corrected chi connectivity index (χ1v) is 7.54. The van der Waals surface area contributed by atoms with E-state index < -0.39 is 0 Å². The van der Waals surface area contributed by atoms with Gasteiger partial charge in [-0.15, -0.1) is 0 Å². The highest BCUT2D eigenvalue weighted by Crippen LogP contribution is 2.20. The average Bonchev–Trinajstić information content (AvgIpc) is 2.88. The summed E-state index contributed by atoms with van der Waals surface area (Å²) in [5.74, 6) is 1.08. The Morgan fingerprint density at radius 1 is 1.50 bits per heavy atom. The SMILES string of the molecule is C/N=C(\SC)N(C)Cc1nc(-c2cccc(Cl)c2)no1. The number of hydrogen-bond donors (Lipinski definition) is 0. The molecular formula is C13H15ClN4OS. The Balaban J connectivity index is 2.13. The molecule has 0 aliphatic carbocycles. The van der Waals surface area contributed by atoms with Crippen LogP contribution in [0.4, 0.5) is 0 Å². The minimum Gasteiger partial charge on any atom is -0.345 e. The zero-order valence-corrected chi connectivity index (χ0v) is 13.1. The topological polar surface area (TPSA) is 54.5 Å². The van der Waals surface area contributed by atoms with Gasteiger partial charge in [0.25, 0.3) is 0 Å². The van der Waals surface area contributed by atoms with Gasteiger partial charge in [0.15, 0.2) is 5.17 Å². The summed E-state index contributed by atoms with van der Waals surface area (Å²) in [6.07, 6.45) is 1.98. The fraction of sp³-hybridized carbons (Fsp3) is 0.308. The molecule has 0 aliphatic rings. The molecule has 0 fully saturated rings. The highest BCUT2D eigenvalue weighted by Gasteiger charge is 2.12.